The van der Waals surface area contributed by atoms with E-state index >= 15 is 0 Å². The zero-order chi connectivity index (χ0) is 16.1. The Bertz CT molecular complexity index is 674. The number of fused-ring (bicyclic) bond motifs is 1. The van der Waals surface area contributed by atoms with Crippen LogP contribution in [-0.4, -0.2) is 0 Å². The van der Waals surface area contributed by atoms with Gasteiger partial charge in [0.2, 0.25) is 0 Å². The first-order chi connectivity index (χ1) is 11.3. The van der Waals surface area contributed by atoms with Crippen LogP contribution in [0.25, 0.3) is 17.2 Å². The van der Waals surface area contributed by atoms with Gasteiger partial charge in [-0.05, 0) is 53.5 Å². The molecule has 0 fully saturated rings. The fraction of sp³-hybridized carbons (Fsp3) is 0.391. The molecule has 0 heterocycles. The third-order valence-electron chi connectivity index (χ3n) is 5.00. The monoisotopic (exact) mass is 304 g/mol. The average Bonchev–Trinajstić information content (AvgIpc) is 3.03. The van der Waals surface area contributed by atoms with E-state index in [4.69, 9.17) is 0 Å². The first-order valence-electron chi connectivity index (χ1n) is 9.22. The van der Waals surface area contributed by atoms with E-state index in [1.807, 2.05) is 0 Å². The lowest BCUT2D eigenvalue weighted by molar-refractivity contribution is 0.667. The molecule has 2 aromatic carbocycles. The van der Waals surface area contributed by atoms with Gasteiger partial charge in [0.05, 0.1) is 0 Å². The Morgan fingerprint density at radius 1 is 0.870 bits per heavy atom. The summed E-state index contributed by atoms with van der Waals surface area (Å²) in [6.07, 6.45) is 11.3. The summed E-state index contributed by atoms with van der Waals surface area (Å²) in [5.74, 6) is 0. The van der Waals surface area contributed by atoms with Gasteiger partial charge in [0.15, 0.2) is 0 Å². The van der Waals surface area contributed by atoms with Crippen LogP contribution in [0.4, 0.5) is 0 Å². The normalized spacial score (nSPS) is 13.0. The highest BCUT2D eigenvalue weighted by atomic mass is 14.2. The standard InChI is InChI=1S/C23H28/c1-3-5-6-7-9-19-12-14-20(15-13-19)22-11-8-10-21-16-18(4-2)17-23(21)22/h8,10-15,17H,3-7,9,16H2,1-2H3. The van der Waals surface area contributed by atoms with E-state index in [0.717, 1.165) is 12.8 Å². The van der Waals surface area contributed by atoms with Crippen LogP contribution in [0.5, 0.6) is 0 Å². The highest BCUT2D eigenvalue weighted by Gasteiger charge is 2.15. The van der Waals surface area contributed by atoms with E-state index in [-0.39, 0.29) is 0 Å². The minimum Gasteiger partial charge on any atom is -0.0655 e. The lowest BCUT2D eigenvalue weighted by Gasteiger charge is -2.09. The van der Waals surface area contributed by atoms with Crippen molar-refractivity contribution in [3.63, 3.8) is 0 Å². The zero-order valence-corrected chi connectivity index (χ0v) is 14.6. The molecule has 0 saturated heterocycles. The molecule has 0 heteroatoms. The third kappa shape index (κ3) is 3.75. The second-order valence-corrected chi connectivity index (χ2v) is 6.72. The number of allylic oxidation sites excluding steroid dienone is 1. The number of benzene rings is 2. The third-order valence-corrected chi connectivity index (χ3v) is 5.00. The minimum absolute atomic E-state index is 1.13. The summed E-state index contributed by atoms with van der Waals surface area (Å²) in [5.41, 5.74) is 8.71. The Kier molecular flexibility index (Phi) is 5.33. The number of unbranched alkanes of at least 4 members (excludes halogenated alkanes) is 3. The topological polar surface area (TPSA) is 0 Å². The largest absolute Gasteiger partial charge is 0.0655 e. The van der Waals surface area contributed by atoms with Crippen molar-refractivity contribution in [1.82, 2.24) is 0 Å². The van der Waals surface area contributed by atoms with Crippen LogP contribution in [0, 0.1) is 0 Å². The average molecular weight is 304 g/mol. The van der Waals surface area contributed by atoms with Gasteiger partial charge in [0, 0.05) is 0 Å². The zero-order valence-electron chi connectivity index (χ0n) is 14.6. The molecule has 0 bridgehead atoms. The molecule has 1 aliphatic rings. The minimum atomic E-state index is 1.13. The summed E-state index contributed by atoms with van der Waals surface area (Å²) in [5, 5.41) is 0. The molecule has 0 N–H and O–H groups in total. The summed E-state index contributed by atoms with van der Waals surface area (Å²) in [4.78, 5) is 0. The van der Waals surface area contributed by atoms with Crippen molar-refractivity contribution in [2.75, 3.05) is 0 Å². The maximum Gasteiger partial charge on any atom is -0.00577 e. The van der Waals surface area contributed by atoms with E-state index < -0.39 is 0 Å². The van der Waals surface area contributed by atoms with E-state index in [1.54, 1.807) is 5.57 Å². The van der Waals surface area contributed by atoms with Crippen molar-refractivity contribution in [2.24, 2.45) is 0 Å². The van der Waals surface area contributed by atoms with Crippen LogP contribution in [0.1, 0.15) is 62.6 Å². The summed E-state index contributed by atoms with van der Waals surface area (Å²) in [6, 6.07) is 16.0. The van der Waals surface area contributed by atoms with Crippen molar-refractivity contribution in [1.29, 1.82) is 0 Å². The highest BCUT2D eigenvalue weighted by Crippen LogP contribution is 2.35. The summed E-state index contributed by atoms with van der Waals surface area (Å²) in [7, 11) is 0. The van der Waals surface area contributed by atoms with Gasteiger partial charge in [-0.3, -0.25) is 0 Å². The molecule has 0 spiro atoms. The molecule has 0 nitrogen and oxygen atoms in total. The Morgan fingerprint density at radius 2 is 1.70 bits per heavy atom. The number of hydrogen-bond acceptors (Lipinski definition) is 0. The Balaban J connectivity index is 1.76. The van der Waals surface area contributed by atoms with Gasteiger partial charge in [-0.15, -0.1) is 0 Å². The second kappa shape index (κ2) is 7.64. The van der Waals surface area contributed by atoms with Gasteiger partial charge in [-0.2, -0.15) is 0 Å². The van der Waals surface area contributed by atoms with Gasteiger partial charge in [-0.25, -0.2) is 0 Å². The maximum absolute atomic E-state index is 2.41. The van der Waals surface area contributed by atoms with E-state index in [9.17, 15) is 0 Å². The van der Waals surface area contributed by atoms with E-state index in [2.05, 4.69) is 62.4 Å². The van der Waals surface area contributed by atoms with Crippen LogP contribution in [0.3, 0.4) is 0 Å². The quantitative estimate of drug-likeness (QED) is 0.492. The fourth-order valence-corrected chi connectivity index (χ4v) is 3.52. The van der Waals surface area contributed by atoms with Gasteiger partial charge >= 0.3 is 0 Å². The van der Waals surface area contributed by atoms with Gasteiger partial charge in [0.25, 0.3) is 0 Å². The molecule has 23 heavy (non-hydrogen) atoms. The van der Waals surface area contributed by atoms with E-state index in [1.165, 1.54) is 59.9 Å². The van der Waals surface area contributed by atoms with Crippen molar-refractivity contribution in [3.05, 3.63) is 64.7 Å². The second-order valence-electron chi connectivity index (χ2n) is 6.72. The Hall–Kier alpha value is -1.82. The van der Waals surface area contributed by atoms with Crippen LogP contribution >= 0.6 is 0 Å². The number of aryl methyl sites for hydroxylation is 1. The molecular formula is C23H28. The molecule has 0 aromatic heterocycles. The molecule has 0 radical (unpaired) electrons. The van der Waals surface area contributed by atoms with Crippen LogP contribution in [0.2, 0.25) is 0 Å². The molecule has 0 unspecified atom stereocenters. The molecule has 0 aliphatic heterocycles. The predicted octanol–water partition coefficient (Wildman–Crippen LogP) is 6.83. The molecule has 0 amide bonds. The first-order valence-corrected chi connectivity index (χ1v) is 9.22. The molecule has 2 aromatic rings. The molecule has 3 rings (SSSR count). The molecule has 1 aliphatic carbocycles. The lowest BCUT2D eigenvalue weighted by Crippen LogP contribution is -1.89. The lowest BCUT2D eigenvalue weighted by atomic mass is 9.95. The van der Waals surface area contributed by atoms with Gasteiger partial charge in [-0.1, -0.05) is 87.2 Å². The summed E-state index contributed by atoms with van der Waals surface area (Å²) >= 11 is 0. The van der Waals surface area contributed by atoms with E-state index in [0.29, 0.717) is 0 Å². The van der Waals surface area contributed by atoms with Gasteiger partial charge in [0.1, 0.15) is 0 Å². The number of rotatable bonds is 7. The molecule has 0 atom stereocenters. The van der Waals surface area contributed by atoms with Crippen LogP contribution in [-0.2, 0) is 12.8 Å². The highest BCUT2D eigenvalue weighted by molar-refractivity contribution is 5.80. The van der Waals surface area contributed by atoms with Crippen LogP contribution < -0.4 is 0 Å². The maximum atomic E-state index is 2.41. The van der Waals surface area contributed by atoms with Crippen molar-refractivity contribution < 1.29 is 0 Å². The summed E-state index contributed by atoms with van der Waals surface area (Å²) in [6.45, 7) is 4.52. The van der Waals surface area contributed by atoms with Crippen molar-refractivity contribution in [3.8, 4) is 11.1 Å². The van der Waals surface area contributed by atoms with Crippen molar-refractivity contribution >= 4 is 6.08 Å². The Labute approximate surface area is 141 Å². The van der Waals surface area contributed by atoms with Crippen LogP contribution in [0.15, 0.2) is 48.0 Å². The smallest absolute Gasteiger partial charge is 0.00577 e. The summed E-state index contributed by atoms with van der Waals surface area (Å²) < 4.78 is 0. The van der Waals surface area contributed by atoms with Gasteiger partial charge < -0.3 is 0 Å². The first kappa shape index (κ1) is 16.1. The fourth-order valence-electron chi connectivity index (χ4n) is 3.52. The molecular weight excluding hydrogens is 276 g/mol. The Morgan fingerprint density at radius 3 is 2.43 bits per heavy atom. The predicted molar refractivity (Wildman–Crippen MR) is 102 cm³/mol. The molecule has 120 valence electrons. The SMILES string of the molecule is CCCCCCc1ccc(-c2cccc3c2C=C(CC)C3)cc1. The van der Waals surface area contributed by atoms with Crippen molar-refractivity contribution in [2.45, 2.75) is 58.8 Å². The molecule has 0 saturated carbocycles. The number of hydrogen-bond donors (Lipinski definition) is 0.